The minimum absolute atomic E-state index is 0.0873. The van der Waals surface area contributed by atoms with Crippen molar-refractivity contribution in [2.24, 2.45) is 11.8 Å². The van der Waals surface area contributed by atoms with E-state index in [1.54, 1.807) is 0 Å². The standard InChI is InChI=1S/C10H17N3O/c14-10(8-2-1-3-12-8)13-9-6-4-11-5-7(6)9/h6-9,11-12H,1-5H2,(H,13,14)/t6?,7?,8-,9?/m1/s1. The number of carbonyl (C=O) groups is 1. The highest BCUT2D eigenvalue weighted by molar-refractivity contribution is 5.82. The maximum Gasteiger partial charge on any atom is 0.237 e. The van der Waals surface area contributed by atoms with Crippen molar-refractivity contribution in [3.63, 3.8) is 0 Å². The minimum Gasteiger partial charge on any atom is -0.351 e. The van der Waals surface area contributed by atoms with Crippen LogP contribution in [-0.2, 0) is 4.79 Å². The van der Waals surface area contributed by atoms with Crippen molar-refractivity contribution in [1.82, 2.24) is 16.0 Å². The number of rotatable bonds is 2. The molecule has 2 aliphatic heterocycles. The molecule has 0 aromatic carbocycles. The van der Waals surface area contributed by atoms with Gasteiger partial charge < -0.3 is 16.0 Å². The van der Waals surface area contributed by atoms with E-state index < -0.39 is 0 Å². The van der Waals surface area contributed by atoms with Gasteiger partial charge in [0.15, 0.2) is 0 Å². The van der Waals surface area contributed by atoms with Crippen LogP contribution in [0.2, 0.25) is 0 Å². The Morgan fingerprint density at radius 3 is 2.71 bits per heavy atom. The molecule has 0 spiro atoms. The van der Waals surface area contributed by atoms with Crippen LogP contribution in [0.3, 0.4) is 0 Å². The molecule has 1 saturated carbocycles. The van der Waals surface area contributed by atoms with Crippen LogP contribution in [0.1, 0.15) is 12.8 Å². The lowest BCUT2D eigenvalue weighted by atomic mass is 10.2. The second kappa shape index (κ2) is 3.21. The van der Waals surface area contributed by atoms with Crippen molar-refractivity contribution in [3.05, 3.63) is 0 Å². The number of nitrogens with one attached hydrogen (secondary N) is 3. The van der Waals surface area contributed by atoms with Gasteiger partial charge in [0, 0.05) is 19.1 Å². The summed E-state index contributed by atoms with van der Waals surface area (Å²) in [5, 5.41) is 9.71. The number of fused-ring (bicyclic) bond motifs is 1. The highest BCUT2D eigenvalue weighted by Gasteiger charge is 2.53. The molecule has 2 saturated heterocycles. The zero-order valence-electron chi connectivity index (χ0n) is 8.25. The Balaban J connectivity index is 1.50. The van der Waals surface area contributed by atoms with E-state index in [2.05, 4.69) is 16.0 Å². The van der Waals surface area contributed by atoms with Gasteiger partial charge in [-0.05, 0) is 31.2 Å². The first-order valence-corrected chi connectivity index (χ1v) is 5.61. The fourth-order valence-corrected chi connectivity index (χ4v) is 2.81. The van der Waals surface area contributed by atoms with E-state index in [4.69, 9.17) is 0 Å². The van der Waals surface area contributed by atoms with E-state index in [9.17, 15) is 4.79 Å². The van der Waals surface area contributed by atoms with E-state index in [0.29, 0.717) is 6.04 Å². The van der Waals surface area contributed by atoms with Gasteiger partial charge in [0.05, 0.1) is 6.04 Å². The molecule has 78 valence electrons. The highest BCUT2D eigenvalue weighted by Crippen LogP contribution is 2.41. The highest BCUT2D eigenvalue weighted by atomic mass is 16.2. The molecular formula is C10H17N3O. The number of hydrogen-bond acceptors (Lipinski definition) is 3. The number of carbonyl (C=O) groups excluding carboxylic acids is 1. The molecule has 1 aliphatic carbocycles. The van der Waals surface area contributed by atoms with E-state index in [1.165, 1.54) is 0 Å². The van der Waals surface area contributed by atoms with Gasteiger partial charge in [-0.1, -0.05) is 0 Å². The van der Waals surface area contributed by atoms with Gasteiger partial charge in [-0.2, -0.15) is 0 Å². The van der Waals surface area contributed by atoms with Crippen LogP contribution in [0.4, 0.5) is 0 Å². The first kappa shape index (κ1) is 8.68. The van der Waals surface area contributed by atoms with Crippen LogP contribution in [0.15, 0.2) is 0 Å². The van der Waals surface area contributed by atoms with Crippen LogP contribution < -0.4 is 16.0 Å². The van der Waals surface area contributed by atoms with Gasteiger partial charge in [-0.3, -0.25) is 4.79 Å². The third-order valence-corrected chi connectivity index (χ3v) is 3.78. The molecule has 0 bridgehead atoms. The summed E-state index contributed by atoms with van der Waals surface area (Å²) >= 11 is 0. The van der Waals surface area contributed by atoms with Crippen molar-refractivity contribution in [3.8, 4) is 0 Å². The van der Waals surface area contributed by atoms with E-state index in [1.807, 2.05) is 0 Å². The average Bonchev–Trinajstić information content (AvgIpc) is 2.75. The molecular weight excluding hydrogens is 178 g/mol. The lowest BCUT2D eigenvalue weighted by Crippen LogP contribution is -2.43. The predicted octanol–water partition coefficient (Wildman–Crippen LogP) is -0.928. The summed E-state index contributed by atoms with van der Waals surface area (Å²) in [6.45, 7) is 3.18. The molecule has 0 aromatic heterocycles. The molecule has 3 N–H and O–H groups in total. The lowest BCUT2D eigenvalue weighted by molar-refractivity contribution is -0.123. The summed E-state index contributed by atoms with van der Waals surface area (Å²) in [4.78, 5) is 11.7. The van der Waals surface area contributed by atoms with E-state index >= 15 is 0 Å². The second-order valence-corrected chi connectivity index (χ2v) is 4.67. The molecule has 0 aromatic rings. The predicted molar refractivity (Wildman–Crippen MR) is 52.8 cm³/mol. The van der Waals surface area contributed by atoms with Crippen molar-refractivity contribution in [1.29, 1.82) is 0 Å². The van der Waals surface area contributed by atoms with E-state index in [-0.39, 0.29) is 11.9 Å². The van der Waals surface area contributed by atoms with Crippen molar-refractivity contribution in [2.45, 2.75) is 24.9 Å². The zero-order chi connectivity index (χ0) is 9.54. The Labute approximate surface area is 83.8 Å². The summed E-state index contributed by atoms with van der Waals surface area (Å²) in [5.41, 5.74) is 0. The number of piperidine rings is 1. The smallest absolute Gasteiger partial charge is 0.237 e. The third-order valence-electron chi connectivity index (χ3n) is 3.78. The van der Waals surface area contributed by atoms with E-state index in [0.717, 1.165) is 44.3 Å². The Morgan fingerprint density at radius 2 is 2.07 bits per heavy atom. The molecule has 2 unspecified atom stereocenters. The largest absolute Gasteiger partial charge is 0.351 e. The van der Waals surface area contributed by atoms with Crippen LogP contribution in [0, 0.1) is 11.8 Å². The van der Waals surface area contributed by atoms with Crippen molar-refractivity contribution < 1.29 is 4.79 Å². The van der Waals surface area contributed by atoms with Crippen LogP contribution in [0.5, 0.6) is 0 Å². The maximum atomic E-state index is 11.7. The monoisotopic (exact) mass is 195 g/mol. The zero-order valence-corrected chi connectivity index (χ0v) is 8.25. The summed E-state index contributed by atoms with van der Waals surface area (Å²) in [5.74, 6) is 1.67. The Hall–Kier alpha value is -0.610. The van der Waals surface area contributed by atoms with Crippen LogP contribution in [0.25, 0.3) is 0 Å². The van der Waals surface area contributed by atoms with Gasteiger partial charge >= 0.3 is 0 Å². The normalized spacial score (nSPS) is 44.9. The fraction of sp³-hybridized carbons (Fsp3) is 0.900. The molecule has 1 amide bonds. The first-order valence-electron chi connectivity index (χ1n) is 5.61. The molecule has 3 fully saturated rings. The van der Waals surface area contributed by atoms with Gasteiger partial charge in [-0.25, -0.2) is 0 Å². The molecule has 2 heterocycles. The quantitative estimate of drug-likeness (QED) is 0.534. The van der Waals surface area contributed by atoms with Gasteiger partial charge in [0.25, 0.3) is 0 Å². The molecule has 3 aliphatic rings. The molecule has 4 nitrogen and oxygen atoms in total. The van der Waals surface area contributed by atoms with Gasteiger partial charge in [0.1, 0.15) is 0 Å². The summed E-state index contributed by atoms with van der Waals surface area (Å²) in [7, 11) is 0. The molecule has 3 rings (SSSR count). The average molecular weight is 195 g/mol. The minimum atomic E-state index is 0.0873. The maximum absolute atomic E-state index is 11.7. The molecule has 3 atom stereocenters. The van der Waals surface area contributed by atoms with Crippen LogP contribution >= 0.6 is 0 Å². The van der Waals surface area contributed by atoms with Crippen molar-refractivity contribution >= 4 is 5.91 Å². The van der Waals surface area contributed by atoms with Crippen molar-refractivity contribution in [2.75, 3.05) is 19.6 Å². The number of amides is 1. The lowest BCUT2D eigenvalue weighted by Gasteiger charge is -2.12. The fourth-order valence-electron chi connectivity index (χ4n) is 2.81. The van der Waals surface area contributed by atoms with Gasteiger partial charge in [0.2, 0.25) is 5.91 Å². The van der Waals surface area contributed by atoms with Gasteiger partial charge in [-0.15, -0.1) is 0 Å². The SMILES string of the molecule is O=C(NC1C2CNCC21)[C@H]1CCCN1. The summed E-state index contributed by atoms with van der Waals surface area (Å²) < 4.78 is 0. The first-order chi connectivity index (χ1) is 6.86. The molecule has 14 heavy (non-hydrogen) atoms. The molecule has 0 radical (unpaired) electrons. The number of hydrogen-bond donors (Lipinski definition) is 3. The Morgan fingerprint density at radius 1 is 1.29 bits per heavy atom. The van der Waals surface area contributed by atoms with Crippen LogP contribution in [-0.4, -0.2) is 37.6 Å². The molecule has 4 heteroatoms. The topological polar surface area (TPSA) is 53.2 Å². The third kappa shape index (κ3) is 1.33. The Bertz CT molecular complexity index is 240. The second-order valence-electron chi connectivity index (χ2n) is 4.67. The Kier molecular flexibility index (Phi) is 1.99. The summed E-state index contributed by atoms with van der Waals surface area (Å²) in [6, 6.07) is 0.565. The summed E-state index contributed by atoms with van der Waals surface area (Å²) in [6.07, 6.45) is 2.14.